The number of hydrogen-bond acceptors (Lipinski definition) is 5. The van der Waals surface area contributed by atoms with Gasteiger partial charge in [-0.25, -0.2) is 4.99 Å². The van der Waals surface area contributed by atoms with Crippen molar-refractivity contribution < 1.29 is 8.83 Å². The van der Waals surface area contributed by atoms with E-state index in [1.165, 1.54) is 42.0 Å². The Morgan fingerprint density at radius 1 is 0.458 bits per heavy atom. The molecule has 14 aromatic rings. The number of para-hydroxylation sites is 2. The number of fused-ring (bicyclic) bond motifs is 13. The molecule has 5 nitrogen and oxygen atoms in total. The lowest BCUT2D eigenvalue weighted by atomic mass is 9.82. The van der Waals surface area contributed by atoms with Crippen LogP contribution in [0.3, 0.4) is 0 Å². The molecular weight excluding hydrogens is 899 g/mol. The summed E-state index contributed by atoms with van der Waals surface area (Å²) in [5.74, 6) is 0.686. The minimum absolute atomic E-state index is 0.00130. The molecule has 0 aliphatic carbocycles. The Bertz CT molecular complexity index is 4560. The van der Waals surface area contributed by atoms with Gasteiger partial charge >= 0.3 is 0 Å². The number of aromatic nitrogens is 1. The third-order valence-electron chi connectivity index (χ3n) is 15.0. The van der Waals surface area contributed by atoms with Crippen LogP contribution in [0.5, 0.6) is 0 Å². The molecule has 15 rings (SSSR count). The van der Waals surface area contributed by atoms with Crippen molar-refractivity contribution in [2.45, 2.75) is 19.4 Å². The molecule has 2 unspecified atom stereocenters. The predicted octanol–water partition coefficient (Wildman–Crippen LogP) is 18.3. The summed E-state index contributed by atoms with van der Waals surface area (Å²) < 4.78 is 18.5. The Labute approximate surface area is 418 Å². The minimum atomic E-state index is -0.164. The average molecular weight is 942 g/mol. The summed E-state index contributed by atoms with van der Waals surface area (Å²) in [7, 11) is 0. The highest BCUT2D eigenvalue weighted by molar-refractivity contribution is 7.26. The lowest BCUT2D eigenvalue weighted by molar-refractivity contribution is 0.533. The van der Waals surface area contributed by atoms with Crippen LogP contribution in [0.1, 0.15) is 36.1 Å². The summed E-state index contributed by atoms with van der Waals surface area (Å²) in [4.78, 5) is 11.2. The van der Waals surface area contributed by atoms with Crippen molar-refractivity contribution in [3.8, 4) is 27.9 Å². The normalized spacial score (nSPS) is 15.2. The Morgan fingerprint density at radius 3 is 1.96 bits per heavy atom. The highest BCUT2D eigenvalue weighted by Crippen LogP contribution is 2.47. The molecule has 0 spiro atoms. The second-order valence-electron chi connectivity index (χ2n) is 19.0. The molecule has 0 saturated carbocycles. The van der Waals surface area contributed by atoms with Crippen LogP contribution in [0.15, 0.2) is 237 Å². The number of rotatable bonds is 7. The van der Waals surface area contributed by atoms with E-state index in [0.29, 0.717) is 5.84 Å². The molecule has 0 N–H and O–H groups in total. The van der Waals surface area contributed by atoms with Crippen molar-refractivity contribution in [1.29, 1.82) is 0 Å². The topological polar surface area (TPSA) is 55.9 Å². The second kappa shape index (κ2) is 16.1. The molecule has 0 saturated heterocycles. The maximum atomic E-state index is 6.79. The molecule has 0 radical (unpaired) electrons. The van der Waals surface area contributed by atoms with Crippen LogP contribution in [0.2, 0.25) is 0 Å². The average Bonchev–Trinajstić information content (AvgIpc) is 4.22. The monoisotopic (exact) mass is 941 g/mol. The maximum Gasteiger partial charge on any atom is 0.155 e. The lowest BCUT2D eigenvalue weighted by Crippen LogP contribution is -2.28. The van der Waals surface area contributed by atoms with Crippen molar-refractivity contribution in [3.63, 3.8) is 0 Å². The first-order valence-corrected chi connectivity index (χ1v) is 25.6. The van der Waals surface area contributed by atoms with E-state index >= 15 is 0 Å². The first kappa shape index (κ1) is 41.0. The van der Waals surface area contributed by atoms with E-state index in [1.54, 1.807) is 0 Å². The molecule has 0 amide bonds. The molecule has 5 heterocycles. The van der Waals surface area contributed by atoms with E-state index in [9.17, 15) is 0 Å². The molecule has 10 aromatic carbocycles. The fourth-order valence-electron chi connectivity index (χ4n) is 11.9. The summed E-state index contributed by atoms with van der Waals surface area (Å²) in [6, 6.07) is 78.0. The van der Waals surface area contributed by atoms with Crippen molar-refractivity contribution in [2.24, 2.45) is 15.9 Å². The summed E-state index contributed by atoms with van der Waals surface area (Å²) in [5, 5.41) is 9.42. The smallest absolute Gasteiger partial charge is 0.155 e. The first-order chi connectivity index (χ1) is 35.7. The van der Waals surface area contributed by atoms with E-state index in [1.807, 2.05) is 11.3 Å². The summed E-state index contributed by atoms with van der Waals surface area (Å²) in [5.41, 5.74) is 15.6. The Morgan fingerprint density at radius 2 is 1.14 bits per heavy atom. The van der Waals surface area contributed by atoms with Crippen LogP contribution in [0.25, 0.3) is 114 Å². The van der Waals surface area contributed by atoms with Crippen molar-refractivity contribution >= 4 is 109 Å². The fraction of sp³-hybridized carbons (Fsp3) is 0.0606. The Hall–Kier alpha value is -8.84. The van der Waals surface area contributed by atoms with Gasteiger partial charge in [0.1, 0.15) is 22.3 Å². The van der Waals surface area contributed by atoms with Gasteiger partial charge in [-0.2, -0.15) is 0 Å². The van der Waals surface area contributed by atoms with Crippen LogP contribution in [-0.2, 0) is 0 Å². The third-order valence-corrected chi connectivity index (χ3v) is 16.2. The molecule has 1 aliphatic heterocycles. The van der Waals surface area contributed by atoms with Gasteiger partial charge < -0.3 is 13.4 Å². The third kappa shape index (κ3) is 6.19. The summed E-state index contributed by atoms with van der Waals surface area (Å²) in [6.07, 6.45) is 0.843. The maximum absolute atomic E-state index is 6.79. The zero-order valence-corrected chi connectivity index (χ0v) is 40.0. The number of furan rings is 2. The van der Waals surface area contributed by atoms with Gasteiger partial charge in [-0.05, 0) is 95.4 Å². The highest BCUT2D eigenvalue weighted by Gasteiger charge is 2.34. The zero-order valence-electron chi connectivity index (χ0n) is 39.2. The number of aliphatic imine (C=N–C) groups is 2. The van der Waals surface area contributed by atoms with Gasteiger partial charge in [-0.3, -0.25) is 4.99 Å². The van der Waals surface area contributed by atoms with Gasteiger partial charge in [0.25, 0.3) is 0 Å². The van der Waals surface area contributed by atoms with E-state index in [0.717, 1.165) is 101 Å². The van der Waals surface area contributed by atoms with E-state index in [4.69, 9.17) is 18.8 Å². The van der Waals surface area contributed by atoms with Crippen LogP contribution >= 0.6 is 11.3 Å². The van der Waals surface area contributed by atoms with Crippen molar-refractivity contribution in [2.75, 3.05) is 0 Å². The first-order valence-electron chi connectivity index (χ1n) is 24.8. The minimum Gasteiger partial charge on any atom is -0.456 e. The standard InChI is InChI=1S/C66H43N3O2S/c1-2-44-63(40-19-8-4-9-20-40)67-66(42-31-33-47-56(38-42)71-54-28-15-24-45(59(47)54)39-17-6-3-7-18-39)68-64(44)49-26-16-29-55-60(49)51-37-41(32-35-53(51)70-55)46-25-14-27-50-61-52(69(65(46)50)43-21-10-5-11-22-43)34-36-58-62(61)48-23-12-13-30-57(48)72-58/h3-38,44,63H,2H2,1H3. The molecule has 0 bridgehead atoms. The van der Waals surface area contributed by atoms with Crippen molar-refractivity contribution in [1.82, 2.24) is 4.57 Å². The van der Waals surface area contributed by atoms with Crippen LogP contribution in [0, 0.1) is 5.92 Å². The van der Waals surface area contributed by atoms with Crippen LogP contribution in [-0.4, -0.2) is 16.1 Å². The van der Waals surface area contributed by atoms with E-state index < -0.39 is 0 Å². The second-order valence-corrected chi connectivity index (χ2v) is 20.1. The van der Waals surface area contributed by atoms with Gasteiger partial charge in [-0.15, -0.1) is 11.3 Å². The van der Waals surface area contributed by atoms with Gasteiger partial charge in [0.15, 0.2) is 5.84 Å². The summed E-state index contributed by atoms with van der Waals surface area (Å²) >= 11 is 1.87. The molecule has 340 valence electrons. The van der Waals surface area contributed by atoms with Crippen LogP contribution < -0.4 is 0 Å². The molecular formula is C66H43N3O2S. The molecule has 4 aromatic heterocycles. The number of benzene rings is 10. The van der Waals surface area contributed by atoms with E-state index in [-0.39, 0.29) is 12.0 Å². The number of amidine groups is 1. The van der Waals surface area contributed by atoms with Crippen LogP contribution in [0.4, 0.5) is 0 Å². The largest absolute Gasteiger partial charge is 0.456 e. The molecule has 6 heteroatoms. The molecule has 72 heavy (non-hydrogen) atoms. The van der Waals surface area contributed by atoms with Gasteiger partial charge in [-0.1, -0.05) is 159 Å². The van der Waals surface area contributed by atoms with Gasteiger partial charge in [0.2, 0.25) is 0 Å². The van der Waals surface area contributed by atoms with Crippen molar-refractivity contribution in [3.05, 3.63) is 235 Å². The van der Waals surface area contributed by atoms with Gasteiger partial charge in [0.05, 0.1) is 22.8 Å². The highest BCUT2D eigenvalue weighted by atomic mass is 32.1. The van der Waals surface area contributed by atoms with E-state index in [2.05, 4.69) is 230 Å². The number of thiophene rings is 1. The lowest BCUT2D eigenvalue weighted by Gasteiger charge is -2.30. The zero-order chi connectivity index (χ0) is 47.4. The predicted molar refractivity (Wildman–Crippen MR) is 302 cm³/mol. The molecule has 0 fully saturated rings. The molecule has 1 aliphatic rings. The fourth-order valence-corrected chi connectivity index (χ4v) is 13.0. The number of hydrogen-bond donors (Lipinski definition) is 0. The molecule has 2 atom stereocenters. The summed E-state index contributed by atoms with van der Waals surface area (Å²) in [6.45, 7) is 2.26. The quantitative estimate of drug-likeness (QED) is 0.160. The SMILES string of the molecule is CCC1C(c2cccc3oc4ccc(-c5cccc6c7c8c(ccc7n(-c7ccccc7)c56)sc5ccccc58)cc4c23)=NC(c2ccc3c(c2)oc2cccc(-c4ccccc4)c23)=NC1c1ccccc1. The Kier molecular flexibility index (Phi) is 9.17. The van der Waals surface area contributed by atoms with Gasteiger partial charge in [0, 0.05) is 80.8 Å². The Balaban J connectivity index is 0.932. The number of nitrogens with zero attached hydrogens (tertiary/aromatic N) is 3.